The molecule has 0 spiro atoms. The molecule has 2 aromatic rings. The van der Waals surface area contributed by atoms with Gasteiger partial charge in [-0.1, -0.05) is 49.4 Å². The Balaban J connectivity index is 1.75. The van der Waals surface area contributed by atoms with E-state index in [1.54, 1.807) is 0 Å². The van der Waals surface area contributed by atoms with Gasteiger partial charge in [0.05, 0.1) is 13.2 Å². The zero-order valence-corrected chi connectivity index (χ0v) is 12.9. The van der Waals surface area contributed by atoms with Crippen molar-refractivity contribution in [1.29, 1.82) is 0 Å². The summed E-state index contributed by atoms with van der Waals surface area (Å²) < 4.78 is 5.43. The third-order valence-corrected chi connectivity index (χ3v) is 4.65. The van der Waals surface area contributed by atoms with Gasteiger partial charge in [0.25, 0.3) is 0 Å². The second-order valence-corrected chi connectivity index (χ2v) is 5.92. The van der Waals surface area contributed by atoms with Crippen LogP contribution in [-0.4, -0.2) is 37.7 Å². The fourth-order valence-electron chi connectivity index (χ4n) is 3.35. The predicted molar refractivity (Wildman–Crippen MR) is 88.9 cm³/mol. The quantitative estimate of drug-likeness (QED) is 0.820. The molecule has 1 aliphatic rings. The number of rotatable bonds is 5. The van der Waals surface area contributed by atoms with Crippen LogP contribution in [0.15, 0.2) is 42.5 Å². The van der Waals surface area contributed by atoms with Gasteiger partial charge in [-0.15, -0.1) is 0 Å². The van der Waals surface area contributed by atoms with Crippen molar-refractivity contribution in [3.63, 3.8) is 0 Å². The zero-order valence-electron chi connectivity index (χ0n) is 12.9. The Bertz CT molecular complexity index is 569. The minimum atomic E-state index is 0.652. The van der Waals surface area contributed by atoms with E-state index < -0.39 is 0 Å². The van der Waals surface area contributed by atoms with Gasteiger partial charge >= 0.3 is 0 Å². The SMILES string of the molecule is CC[C@@H](CCN1CCOCC1)c1cccc2ccccc12. The van der Waals surface area contributed by atoms with Gasteiger partial charge in [-0.2, -0.15) is 0 Å². The molecule has 0 radical (unpaired) electrons. The monoisotopic (exact) mass is 283 g/mol. The normalized spacial score (nSPS) is 18.0. The maximum Gasteiger partial charge on any atom is 0.0594 e. The third-order valence-electron chi connectivity index (χ3n) is 4.65. The molecular weight excluding hydrogens is 258 g/mol. The second kappa shape index (κ2) is 7.06. The lowest BCUT2D eigenvalue weighted by molar-refractivity contribution is 0.0365. The summed E-state index contributed by atoms with van der Waals surface area (Å²) in [5.41, 5.74) is 1.52. The van der Waals surface area contributed by atoms with Crippen molar-refractivity contribution in [3.8, 4) is 0 Å². The smallest absolute Gasteiger partial charge is 0.0594 e. The summed E-state index contributed by atoms with van der Waals surface area (Å²) in [5, 5.41) is 2.79. The molecule has 2 aromatic carbocycles. The summed E-state index contributed by atoms with van der Waals surface area (Å²) in [5.74, 6) is 0.652. The van der Waals surface area contributed by atoms with E-state index >= 15 is 0 Å². The van der Waals surface area contributed by atoms with Crippen LogP contribution in [0.5, 0.6) is 0 Å². The molecule has 1 heterocycles. The van der Waals surface area contributed by atoms with E-state index in [0.29, 0.717) is 5.92 Å². The van der Waals surface area contributed by atoms with Crippen LogP contribution in [0.1, 0.15) is 31.2 Å². The van der Waals surface area contributed by atoms with Crippen LogP contribution in [-0.2, 0) is 4.74 Å². The lowest BCUT2D eigenvalue weighted by Crippen LogP contribution is -2.37. The molecule has 3 rings (SSSR count). The summed E-state index contributed by atoms with van der Waals surface area (Å²) in [7, 11) is 0. The Kier molecular flexibility index (Phi) is 4.89. The highest BCUT2D eigenvalue weighted by molar-refractivity contribution is 5.86. The van der Waals surface area contributed by atoms with E-state index in [0.717, 1.165) is 26.3 Å². The van der Waals surface area contributed by atoms with Crippen molar-refractivity contribution in [2.75, 3.05) is 32.8 Å². The minimum Gasteiger partial charge on any atom is -0.379 e. The van der Waals surface area contributed by atoms with E-state index in [1.165, 1.54) is 35.7 Å². The van der Waals surface area contributed by atoms with Gasteiger partial charge in [-0.05, 0) is 41.6 Å². The molecule has 2 heteroatoms. The molecular formula is C19H25NO. The van der Waals surface area contributed by atoms with Crippen molar-refractivity contribution >= 4 is 10.8 Å². The number of fused-ring (bicyclic) bond motifs is 1. The van der Waals surface area contributed by atoms with E-state index in [-0.39, 0.29) is 0 Å². The first-order chi connectivity index (χ1) is 10.4. The number of ether oxygens (including phenoxy) is 1. The molecule has 0 unspecified atom stereocenters. The molecule has 1 atom stereocenters. The highest BCUT2D eigenvalue weighted by atomic mass is 16.5. The van der Waals surface area contributed by atoms with Crippen molar-refractivity contribution in [1.82, 2.24) is 4.90 Å². The van der Waals surface area contributed by atoms with Gasteiger partial charge in [0.15, 0.2) is 0 Å². The summed E-state index contributed by atoms with van der Waals surface area (Å²) in [6.45, 7) is 7.46. The van der Waals surface area contributed by atoms with Crippen LogP contribution in [0.3, 0.4) is 0 Å². The van der Waals surface area contributed by atoms with E-state index in [2.05, 4.69) is 54.3 Å². The highest BCUT2D eigenvalue weighted by Gasteiger charge is 2.16. The van der Waals surface area contributed by atoms with Crippen LogP contribution in [0.25, 0.3) is 10.8 Å². The topological polar surface area (TPSA) is 12.5 Å². The molecule has 0 N–H and O–H groups in total. The van der Waals surface area contributed by atoms with Crippen LogP contribution >= 0.6 is 0 Å². The molecule has 1 aliphatic heterocycles. The molecule has 0 amide bonds. The van der Waals surface area contributed by atoms with Crippen LogP contribution in [0.2, 0.25) is 0 Å². The number of hydrogen-bond donors (Lipinski definition) is 0. The lowest BCUT2D eigenvalue weighted by Gasteiger charge is -2.28. The Hall–Kier alpha value is -1.38. The Morgan fingerprint density at radius 2 is 1.81 bits per heavy atom. The van der Waals surface area contributed by atoms with Crippen molar-refractivity contribution in [3.05, 3.63) is 48.0 Å². The molecule has 0 aromatic heterocycles. The summed E-state index contributed by atoms with van der Waals surface area (Å²) in [4.78, 5) is 2.54. The molecule has 0 saturated carbocycles. The van der Waals surface area contributed by atoms with E-state index in [4.69, 9.17) is 4.74 Å². The fourth-order valence-corrected chi connectivity index (χ4v) is 3.35. The largest absolute Gasteiger partial charge is 0.379 e. The van der Waals surface area contributed by atoms with Gasteiger partial charge in [-0.25, -0.2) is 0 Å². The standard InChI is InChI=1S/C19H25NO/c1-2-16(10-11-20-12-14-21-15-13-20)18-9-5-7-17-6-3-4-8-19(17)18/h3-9,16H,2,10-15H2,1H3/t16-/m0/s1. The lowest BCUT2D eigenvalue weighted by atomic mass is 9.89. The predicted octanol–water partition coefficient (Wildman–Crippen LogP) is 4.06. The molecule has 1 fully saturated rings. The molecule has 1 saturated heterocycles. The van der Waals surface area contributed by atoms with Gasteiger partial charge in [0.2, 0.25) is 0 Å². The Morgan fingerprint density at radius 1 is 1.05 bits per heavy atom. The molecule has 0 bridgehead atoms. The van der Waals surface area contributed by atoms with Crippen LogP contribution in [0, 0.1) is 0 Å². The average molecular weight is 283 g/mol. The summed E-state index contributed by atoms with van der Waals surface area (Å²) in [6.07, 6.45) is 2.45. The van der Waals surface area contributed by atoms with Crippen LogP contribution < -0.4 is 0 Å². The summed E-state index contributed by atoms with van der Waals surface area (Å²) in [6, 6.07) is 15.5. The van der Waals surface area contributed by atoms with Crippen molar-refractivity contribution in [2.24, 2.45) is 0 Å². The fraction of sp³-hybridized carbons (Fsp3) is 0.474. The minimum absolute atomic E-state index is 0.652. The summed E-state index contributed by atoms with van der Waals surface area (Å²) >= 11 is 0. The zero-order chi connectivity index (χ0) is 14.5. The maximum atomic E-state index is 5.43. The molecule has 0 aliphatic carbocycles. The average Bonchev–Trinajstić information content (AvgIpc) is 2.56. The van der Waals surface area contributed by atoms with Crippen LogP contribution in [0.4, 0.5) is 0 Å². The van der Waals surface area contributed by atoms with Gasteiger partial charge in [0.1, 0.15) is 0 Å². The third kappa shape index (κ3) is 3.45. The first-order valence-electron chi connectivity index (χ1n) is 8.16. The van der Waals surface area contributed by atoms with E-state index in [1.807, 2.05) is 0 Å². The number of hydrogen-bond acceptors (Lipinski definition) is 2. The van der Waals surface area contributed by atoms with Gasteiger partial charge in [0, 0.05) is 13.1 Å². The maximum absolute atomic E-state index is 5.43. The van der Waals surface area contributed by atoms with Crippen molar-refractivity contribution < 1.29 is 4.74 Å². The number of benzene rings is 2. The molecule has 112 valence electrons. The van der Waals surface area contributed by atoms with Crippen molar-refractivity contribution in [2.45, 2.75) is 25.7 Å². The Morgan fingerprint density at radius 3 is 2.62 bits per heavy atom. The number of nitrogens with zero attached hydrogens (tertiary/aromatic N) is 1. The first-order valence-corrected chi connectivity index (χ1v) is 8.16. The van der Waals surface area contributed by atoms with Gasteiger partial charge < -0.3 is 4.74 Å². The first kappa shape index (κ1) is 14.6. The Labute approximate surface area is 127 Å². The molecule has 21 heavy (non-hydrogen) atoms. The molecule has 2 nitrogen and oxygen atoms in total. The number of morpholine rings is 1. The highest BCUT2D eigenvalue weighted by Crippen LogP contribution is 2.30. The second-order valence-electron chi connectivity index (χ2n) is 5.92. The van der Waals surface area contributed by atoms with E-state index in [9.17, 15) is 0 Å². The van der Waals surface area contributed by atoms with Gasteiger partial charge in [-0.3, -0.25) is 4.90 Å².